The van der Waals surface area contributed by atoms with Crippen molar-refractivity contribution in [2.75, 3.05) is 0 Å². The summed E-state index contributed by atoms with van der Waals surface area (Å²) in [6.07, 6.45) is 0. The van der Waals surface area contributed by atoms with Gasteiger partial charge >= 0.3 is 0 Å². The molecule has 0 atom stereocenters. The fourth-order valence-corrected chi connectivity index (χ4v) is 8.42. The molecule has 0 saturated carbocycles. The molecule has 3 heteroatoms. The zero-order valence-electron chi connectivity index (χ0n) is 25.4. The number of thiophene rings is 1. The smallest absolute Gasteiger partial charge is 0.161 e. The van der Waals surface area contributed by atoms with E-state index in [1.165, 1.54) is 53.6 Å². The van der Waals surface area contributed by atoms with Gasteiger partial charge in [-0.1, -0.05) is 109 Å². The average Bonchev–Trinajstić information content (AvgIpc) is 3.81. The van der Waals surface area contributed by atoms with Gasteiger partial charge in [0.1, 0.15) is 11.1 Å². The molecule has 0 amide bonds. The van der Waals surface area contributed by atoms with Gasteiger partial charge in [0.25, 0.3) is 0 Å². The molecule has 0 unspecified atom stereocenters. The highest BCUT2D eigenvalue weighted by molar-refractivity contribution is 7.26. The molecule has 0 aliphatic rings. The van der Waals surface area contributed by atoms with Crippen molar-refractivity contribution < 1.29 is 4.42 Å². The van der Waals surface area contributed by atoms with E-state index in [-0.39, 0.29) is 0 Å². The third-order valence-electron chi connectivity index (χ3n) is 9.40. The maximum Gasteiger partial charge on any atom is 0.161 e. The molecule has 0 aliphatic carbocycles. The first kappa shape index (κ1) is 26.3. The van der Waals surface area contributed by atoms with Crippen LogP contribution in [-0.2, 0) is 0 Å². The molecule has 0 fully saturated rings. The van der Waals surface area contributed by atoms with Crippen molar-refractivity contribution in [1.82, 2.24) is 4.57 Å². The summed E-state index contributed by atoms with van der Waals surface area (Å²) in [5, 5.41) is 4.86. The second-order valence-electron chi connectivity index (χ2n) is 12.1. The molecule has 0 aliphatic heterocycles. The van der Waals surface area contributed by atoms with Crippen LogP contribution in [0.2, 0.25) is 0 Å². The quantitative estimate of drug-likeness (QED) is 0.192. The molecule has 220 valence electrons. The number of aromatic nitrogens is 1. The van der Waals surface area contributed by atoms with Crippen molar-refractivity contribution in [2.45, 2.75) is 0 Å². The molecule has 2 nitrogen and oxygen atoms in total. The average molecular weight is 618 g/mol. The Labute approximate surface area is 275 Å². The van der Waals surface area contributed by atoms with E-state index in [4.69, 9.17) is 4.42 Å². The third-order valence-corrected chi connectivity index (χ3v) is 10.6. The van der Waals surface area contributed by atoms with Crippen LogP contribution >= 0.6 is 11.3 Å². The summed E-state index contributed by atoms with van der Waals surface area (Å²) in [6.45, 7) is 0. The molecular weight excluding hydrogens is 591 g/mol. The van der Waals surface area contributed by atoms with Crippen LogP contribution in [0.4, 0.5) is 0 Å². The van der Waals surface area contributed by atoms with E-state index < -0.39 is 0 Å². The number of hydrogen-bond acceptors (Lipinski definition) is 2. The van der Waals surface area contributed by atoms with Crippen LogP contribution in [0.15, 0.2) is 168 Å². The number of furan rings is 1. The van der Waals surface area contributed by atoms with Gasteiger partial charge in [0, 0.05) is 36.6 Å². The fourth-order valence-electron chi connectivity index (χ4n) is 7.20. The Morgan fingerprint density at radius 2 is 1.11 bits per heavy atom. The van der Waals surface area contributed by atoms with Gasteiger partial charge in [-0.3, -0.25) is 0 Å². The van der Waals surface area contributed by atoms with E-state index in [9.17, 15) is 0 Å². The van der Waals surface area contributed by atoms with Gasteiger partial charge in [-0.25, -0.2) is 0 Å². The lowest BCUT2D eigenvalue weighted by molar-refractivity contribution is 0.673. The van der Waals surface area contributed by atoms with Gasteiger partial charge < -0.3 is 8.98 Å². The van der Waals surface area contributed by atoms with E-state index >= 15 is 0 Å². The summed E-state index contributed by atoms with van der Waals surface area (Å²) in [6, 6.07) is 58.9. The number of fused-ring (bicyclic) bond motifs is 8. The monoisotopic (exact) mass is 617 g/mol. The van der Waals surface area contributed by atoms with E-state index in [0.717, 1.165) is 38.7 Å². The zero-order chi connectivity index (χ0) is 30.9. The number of benzene rings is 7. The van der Waals surface area contributed by atoms with Crippen molar-refractivity contribution in [2.24, 2.45) is 0 Å². The van der Waals surface area contributed by atoms with Crippen molar-refractivity contribution >= 4 is 64.5 Å². The van der Waals surface area contributed by atoms with Gasteiger partial charge in [0.2, 0.25) is 0 Å². The predicted octanol–water partition coefficient (Wildman–Crippen LogP) is 12.9. The number of para-hydroxylation sites is 2. The lowest BCUT2D eigenvalue weighted by Crippen LogP contribution is -1.92. The van der Waals surface area contributed by atoms with E-state index in [1.54, 1.807) is 0 Å². The summed E-state index contributed by atoms with van der Waals surface area (Å²) in [4.78, 5) is 0. The molecule has 0 spiro atoms. The zero-order valence-corrected chi connectivity index (χ0v) is 26.2. The minimum atomic E-state index is 0.898. The van der Waals surface area contributed by atoms with Crippen molar-refractivity contribution in [1.29, 1.82) is 0 Å². The highest BCUT2D eigenvalue weighted by atomic mass is 32.1. The van der Waals surface area contributed by atoms with Crippen LogP contribution in [0.3, 0.4) is 0 Å². The maximum absolute atomic E-state index is 6.55. The first-order chi connectivity index (χ1) is 23.3. The van der Waals surface area contributed by atoms with Gasteiger partial charge in [-0.05, 0) is 88.0 Å². The highest BCUT2D eigenvalue weighted by Crippen LogP contribution is 2.43. The second-order valence-corrected chi connectivity index (χ2v) is 13.2. The van der Waals surface area contributed by atoms with E-state index in [0.29, 0.717) is 0 Å². The molecule has 0 N–H and O–H groups in total. The predicted molar refractivity (Wildman–Crippen MR) is 200 cm³/mol. The SMILES string of the molecule is c1ccc(-c2ccc3sc4c(-c5cccc(-c6ccc7oc8c9ccccc9n(-c9ccccc9)c8c7c6)c5)cccc4c3c2)cc1. The Balaban J connectivity index is 1.12. The molecule has 3 aromatic heterocycles. The van der Waals surface area contributed by atoms with Crippen LogP contribution in [0.1, 0.15) is 0 Å². The molecule has 3 heterocycles. The summed E-state index contributed by atoms with van der Waals surface area (Å²) in [5.74, 6) is 0. The number of rotatable bonds is 4. The third kappa shape index (κ3) is 4.10. The van der Waals surface area contributed by atoms with Crippen LogP contribution in [0.25, 0.3) is 92.2 Å². The fraction of sp³-hybridized carbons (Fsp3) is 0. The lowest BCUT2D eigenvalue weighted by atomic mass is 9.97. The first-order valence-corrected chi connectivity index (χ1v) is 16.7. The Morgan fingerprint density at radius 3 is 2.00 bits per heavy atom. The van der Waals surface area contributed by atoms with Gasteiger partial charge in [0.05, 0.1) is 5.52 Å². The minimum Gasteiger partial charge on any atom is -0.454 e. The molecule has 0 bridgehead atoms. The Kier molecular flexibility index (Phi) is 5.78. The topological polar surface area (TPSA) is 18.1 Å². The first-order valence-electron chi connectivity index (χ1n) is 15.9. The molecule has 10 rings (SSSR count). The highest BCUT2D eigenvalue weighted by Gasteiger charge is 2.20. The minimum absolute atomic E-state index is 0.898. The Hall–Kier alpha value is -5.90. The van der Waals surface area contributed by atoms with Gasteiger partial charge in [-0.2, -0.15) is 0 Å². The van der Waals surface area contributed by atoms with E-state index in [2.05, 4.69) is 168 Å². The standard InChI is InChI=1S/C44H27NOS/c1-3-11-28(12-4-1)30-22-24-41-37(26-30)35-19-10-18-34(44(35)47-41)32-14-9-13-29(25-32)31-21-23-40-38(27-31)42-43(46-40)36-17-7-8-20-39(36)45(42)33-15-5-2-6-16-33/h1-27H. The molecule has 7 aromatic carbocycles. The normalized spacial score (nSPS) is 11.8. The van der Waals surface area contributed by atoms with Crippen LogP contribution in [0.5, 0.6) is 0 Å². The molecular formula is C44H27NOS. The largest absolute Gasteiger partial charge is 0.454 e. The molecule has 47 heavy (non-hydrogen) atoms. The van der Waals surface area contributed by atoms with Crippen LogP contribution in [-0.4, -0.2) is 4.57 Å². The maximum atomic E-state index is 6.55. The number of hydrogen-bond donors (Lipinski definition) is 0. The lowest BCUT2D eigenvalue weighted by Gasteiger charge is -2.09. The summed E-state index contributed by atoms with van der Waals surface area (Å²) < 4.78 is 11.5. The van der Waals surface area contributed by atoms with Crippen molar-refractivity contribution in [3.05, 3.63) is 164 Å². The molecule has 0 radical (unpaired) electrons. The molecule has 10 aromatic rings. The van der Waals surface area contributed by atoms with Crippen LogP contribution in [0, 0.1) is 0 Å². The van der Waals surface area contributed by atoms with Gasteiger partial charge in [-0.15, -0.1) is 11.3 Å². The van der Waals surface area contributed by atoms with Crippen molar-refractivity contribution in [3.8, 4) is 39.1 Å². The second kappa shape index (κ2) is 10.3. The Bertz CT molecular complexity index is 2780. The van der Waals surface area contributed by atoms with Crippen LogP contribution < -0.4 is 0 Å². The van der Waals surface area contributed by atoms with Crippen molar-refractivity contribution in [3.63, 3.8) is 0 Å². The van der Waals surface area contributed by atoms with Gasteiger partial charge in [0.15, 0.2) is 5.58 Å². The summed E-state index contributed by atoms with van der Waals surface area (Å²) in [7, 11) is 0. The van der Waals surface area contributed by atoms with E-state index in [1.807, 2.05) is 11.3 Å². The summed E-state index contributed by atoms with van der Waals surface area (Å²) in [5.41, 5.74) is 12.5. The number of nitrogens with zero attached hydrogens (tertiary/aromatic N) is 1. The Morgan fingerprint density at radius 1 is 0.447 bits per heavy atom. The molecule has 0 saturated heterocycles. The summed E-state index contributed by atoms with van der Waals surface area (Å²) >= 11 is 1.88.